The Morgan fingerprint density at radius 2 is 1.15 bits per heavy atom. The second-order valence-electron chi connectivity index (χ2n) is 11.9. The number of hydrogen-bond acceptors (Lipinski definition) is 15. The second-order valence-corrected chi connectivity index (χ2v) is 11.9. The third-order valence-corrected chi connectivity index (χ3v) is 7.58. The van der Waals surface area contributed by atoms with Gasteiger partial charge in [-0.05, 0) is 11.8 Å². The molecule has 40 heavy (non-hydrogen) atoms. The van der Waals surface area contributed by atoms with E-state index in [1.807, 2.05) is 20.8 Å². The average Bonchev–Trinajstić information content (AvgIpc) is 2.90. The van der Waals surface area contributed by atoms with Crippen LogP contribution in [0.3, 0.4) is 0 Å². The SMILES string of the molecule is C[C@H]1[C@H](O)[C@H](O)[C@@H](O[C@@H]2[C@H](O)[C@@H](OCCC(C)(C)C)O[C@H](CO[C@H]3O[C@H](CO)[C@@H](O)[C@H](O)[C@@H]3O)[C@H]2O)O[C@@H]1CO. The Kier molecular flexibility index (Phi) is 12.1. The molecule has 236 valence electrons. The van der Waals surface area contributed by atoms with E-state index in [1.165, 1.54) is 0 Å². The molecular weight excluding hydrogens is 540 g/mol. The number of aliphatic hydroxyl groups excluding tert-OH is 9. The molecule has 3 rings (SSSR count). The first-order valence-electron chi connectivity index (χ1n) is 13.5. The number of hydrogen-bond donors (Lipinski definition) is 9. The molecular formula is C25H46O15. The molecule has 15 atom stereocenters. The molecule has 9 N–H and O–H groups in total. The molecule has 0 bridgehead atoms. The van der Waals surface area contributed by atoms with Gasteiger partial charge in [-0.2, -0.15) is 0 Å². The molecule has 0 spiro atoms. The van der Waals surface area contributed by atoms with Crippen LogP contribution in [-0.2, 0) is 28.4 Å². The van der Waals surface area contributed by atoms with Crippen LogP contribution in [0.4, 0.5) is 0 Å². The van der Waals surface area contributed by atoms with Crippen LogP contribution in [0.5, 0.6) is 0 Å². The van der Waals surface area contributed by atoms with Crippen LogP contribution in [0.1, 0.15) is 34.1 Å². The van der Waals surface area contributed by atoms with Crippen LogP contribution >= 0.6 is 0 Å². The number of rotatable bonds is 10. The summed E-state index contributed by atoms with van der Waals surface area (Å²) in [6.45, 7) is 6.10. The van der Waals surface area contributed by atoms with E-state index in [2.05, 4.69) is 0 Å². The van der Waals surface area contributed by atoms with Crippen molar-refractivity contribution >= 4 is 0 Å². The average molecular weight is 587 g/mol. The summed E-state index contributed by atoms with van der Waals surface area (Å²) in [4.78, 5) is 0. The van der Waals surface area contributed by atoms with E-state index in [9.17, 15) is 46.0 Å². The zero-order valence-corrected chi connectivity index (χ0v) is 23.2. The maximum absolute atomic E-state index is 11.1. The lowest BCUT2D eigenvalue weighted by molar-refractivity contribution is -0.363. The molecule has 0 radical (unpaired) electrons. The van der Waals surface area contributed by atoms with Crippen LogP contribution in [0, 0.1) is 11.3 Å². The van der Waals surface area contributed by atoms with E-state index in [1.54, 1.807) is 6.92 Å². The normalized spacial score (nSPS) is 46.9. The van der Waals surface area contributed by atoms with Crippen molar-refractivity contribution in [3.8, 4) is 0 Å². The number of aliphatic hydroxyl groups is 9. The van der Waals surface area contributed by atoms with Gasteiger partial charge in [0.1, 0.15) is 54.9 Å². The van der Waals surface area contributed by atoms with Crippen molar-refractivity contribution in [3.05, 3.63) is 0 Å². The summed E-state index contributed by atoms with van der Waals surface area (Å²) in [5.74, 6) is -0.627. The molecule has 3 aliphatic rings. The highest BCUT2D eigenvalue weighted by molar-refractivity contribution is 4.94. The van der Waals surface area contributed by atoms with Gasteiger partial charge in [0, 0.05) is 5.92 Å². The van der Waals surface area contributed by atoms with E-state index in [0.29, 0.717) is 6.42 Å². The predicted molar refractivity (Wildman–Crippen MR) is 132 cm³/mol. The number of ether oxygens (including phenoxy) is 6. The minimum atomic E-state index is -1.69. The Balaban J connectivity index is 1.75. The van der Waals surface area contributed by atoms with Gasteiger partial charge in [0.2, 0.25) is 0 Å². The van der Waals surface area contributed by atoms with Crippen LogP contribution < -0.4 is 0 Å². The van der Waals surface area contributed by atoms with Gasteiger partial charge in [0.15, 0.2) is 18.9 Å². The van der Waals surface area contributed by atoms with E-state index < -0.39 is 112 Å². The first-order chi connectivity index (χ1) is 18.7. The molecule has 15 heteroatoms. The summed E-state index contributed by atoms with van der Waals surface area (Å²) in [6, 6.07) is 0. The molecule has 3 fully saturated rings. The lowest BCUT2D eigenvalue weighted by atomic mass is 9.91. The largest absolute Gasteiger partial charge is 0.394 e. The molecule has 0 aliphatic carbocycles. The highest BCUT2D eigenvalue weighted by atomic mass is 16.7. The van der Waals surface area contributed by atoms with Gasteiger partial charge >= 0.3 is 0 Å². The Hall–Kier alpha value is -0.600. The van der Waals surface area contributed by atoms with Crippen molar-refractivity contribution in [2.75, 3.05) is 26.4 Å². The van der Waals surface area contributed by atoms with Crippen molar-refractivity contribution < 1.29 is 74.4 Å². The van der Waals surface area contributed by atoms with Gasteiger partial charge in [0.25, 0.3) is 0 Å². The lowest BCUT2D eigenvalue weighted by Crippen LogP contribution is -2.64. The van der Waals surface area contributed by atoms with Crippen LogP contribution in [0.15, 0.2) is 0 Å². The predicted octanol–water partition coefficient (Wildman–Crippen LogP) is -3.84. The van der Waals surface area contributed by atoms with Crippen LogP contribution in [-0.4, -0.2) is 158 Å². The monoisotopic (exact) mass is 586 g/mol. The van der Waals surface area contributed by atoms with E-state index >= 15 is 0 Å². The van der Waals surface area contributed by atoms with Gasteiger partial charge in [-0.25, -0.2) is 0 Å². The van der Waals surface area contributed by atoms with Crippen molar-refractivity contribution in [2.45, 2.75) is 120 Å². The van der Waals surface area contributed by atoms with Gasteiger partial charge in [-0.15, -0.1) is 0 Å². The quantitative estimate of drug-likeness (QED) is 0.119. The van der Waals surface area contributed by atoms with Gasteiger partial charge in [0.05, 0.1) is 38.6 Å². The van der Waals surface area contributed by atoms with E-state index in [0.717, 1.165) is 0 Å². The minimum absolute atomic E-state index is 0.104. The van der Waals surface area contributed by atoms with E-state index in [-0.39, 0.29) is 12.0 Å². The van der Waals surface area contributed by atoms with Crippen LogP contribution in [0.2, 0.25) is 0 Å². The van der Waals surface area contributed by atoms with E-state index in [4.69, 9.17) is 28.4 Å². The lowest BCUT2D eigenvalue weighted by Gasteiger charge is -2.47. The fourth-order valence-electron chi connectivity index (χ4n) is 4.76. The summed E-state index contributed by atoms with van der Waals surface area (Å²) in [7, 11) is 0. The standard InChI is InChI=1S/C25H46O15/c1-10-11(7-26)37-24(18(32)14(10)28)40-21-16(30)13(39-23(20(21)34)35-6-5-25(2,3)4)9-36-22-19(33)17(31)15(29)12(8-27)38-22/h10-24,26-34H,5-9H2,1-4H3/t10-,11-,12-,13-,14+,15-,16-,17+,18+,19+,20+,21+,22+,23+,24-/m1/s1. The smallest absolute Gasteiger partial charge is 0.187 e. The molecule has 0 aromatic carbocycles. The highest BCUT2D eigenvalue weighted by Gasteiger charge is 2.51. The summed E-state index contributed by atoms with van der Waals surface area (Å²) in [6.07, 6.45) is -19.7. The zero-order valence-electron chi connectivity index (χ0n) is 23.2. The first kappa shape index (κ1) is 33.9. The third kappa shape index (κ3) is 7.86. The molecule has 3 aliphatic heterocycles. The van der Waals surface area contributed by atoms with Crippen molar-refractivity contribution in [1.29, 1.82) is 0 Å². The second kappa shape index (κ2) is 14.2. The maximum Gasteiger partial charge on any atom is 0.187 e. The van der Waals surface area contributed by atoms with Gasteiger partial charge in [-0.3, -0.25) is 0 Å². The highest BCUT2D eigenvalue weighted by Crippen LogP contribution is 2.32. The summed E-state index contributed by atoms with van der Waals surface area (Å²) >= 11 is 0. The van der Waals surface area contributed by atoms with Crippen molar-refractivity contribution in [3.63, 3.8) is 0 Å². The minimum Gasteiger partial charge on any atom is -0.394 e. The topological polar surface area (TPSA) is 237 Å². The first-order valence-corrected chi connectivity index (χ1v) is 13.5. The zero-order chi connectivity index (χ0) is 29.9. The Labute approximate surface area is 232 Å². The summed E-state index contributed by atoms with van der Waals surface area (Å²) in [5.41, 5.74) is -0.104. The van der Waals surface area contributed by atoms with Crippen LogP contribution in [0.25, 0.3) is 0 Å². The summed E-state index contributed by atoms with van der Waals surface area (Å²) in [5, 5.41) is 92.4. The molecule has 0 aromatic rings. The molecule has 0 amide bonds. The fourth-order valence-corrected chi connectivity index (χ4v) is 4.76. The Morgan fingerprint density at radius 3 is 1.75 bits per heavy atom. The molecule has 3 saturated heterocycles. The van der Waals surface area contributed by atoms with Gasteiger partial charge in [-0.1, -0.05) is 27.7 Å². The molecule has 15 nitrogen and oxygen atoms in total. The molecule has 0 unspecified atom stereocenters. The maximum atomic E-state index is 11.1. The Bertz CT molecular complexity index is 763. The molecule has 0 aromatic heterocycles. The van der Waals surface area contributed by atoms with Crippen molar-refractivity contribution in [1.82, 2.24) is 0 Å². The van der Waals surface area contributed by atoms with Crippen molar-refractivity contribution in [2.24, 2.45) is 11.3 Å². The third-order valence-electron chi connectivity index (χ3n) is 7.58. The fraction of sp³-hybridized carbons (Fsp3) is 1.00. The summed E-state index contributed by atoms with van der Waals surface area (Å²) < 4.78 is 33.7. The molecule has 3 heterocycles. The van der Waals surface area contributed by atoms with Gasteiger partial charge < -0.3 is 74.4 Å². The Morgan fingerprint density at radius 1 is 0.600 bits per heavy atom. The molecule has 0 saturated carbocycles.